The zero-order valence-electron chi connectivity index (χ0n) is 36.7. The molecule has 0 spiro atoms. The third-order valence-corrected chi connectivity index (χ3v) is 12.3. The Morgan fingerprint density at radius 2 is 1.09 bits per heavy atom. The van der Waals surface area contributed by atoms with Crippen molar-refractivity contribution in [2.24, 2.45) is 11.7 Å². The second kappa shape index (κ2) is 24.7. The van der Waals surface area contributed by atoms with Crippen molar-refractivity contribution in [1.29, 1.82) is 0 Å². The molecule has 0 saturated carbocycles. The number of fused-ring (bicyclic) bond motifs is 2. The highest BCUT2D eigenvalue weighted by Gasteiger charge is 2.30. The molecule has 360 valence electrons. The van der Waals surface area contributed by atoms with Gasteiger partial charge in [-0.15, -0.1) is 0 Å². The fourth-order valence-electron chi connectivity index (χ4n) is 7.15. The van der Waals surface area contributed by atoms with Crippen LogP contribution in [0.5, 0.6) is 23.0 Å². The molecule has 68 heavy (non-hydrogen) atoms. The summed E-state index contributed by atoms with van der Waals surface area (Å²) in [7, 11) is 6.16. The lowest BCUT2D eigenvalue weighted by Crippen LogP contribution is -2.39. The van der Waals surface area contributed by atoms with Crippen LogP contribution in [0.15, 0.2) is 86.2 Å². The molecule has 4 N–H and O–H groups in total. The van der Waals surface area contributed by atoms with Gasteiger partial charge in [0.15, 0.2) is 5.78 Å². The van der Waals surface area contributed by atoms with Gasteiger partial charge in [-0.2, -0.15) is 0 Å². The second-order valence-electron chi connectivity index (χ2n) is 14.9. The van der Waals surface area contributed by atoms with Gasteiger partial charge in [0.1, 0.15) is 23.0 Å². The van der Waals surface area contributed by atoms with Crippen molar-refractivity contribution >= 4 is 103 Å². The van der Waals surface area contributed by atoms with Crippen LogP contribution in [-0.4, -0.2) is 104 Å². The molecule has 6 aromatic rings. The van der Waals surface area contributed by atoms with E-state index < -0.39 is 5.24 Å². The van der Waals surface area contributed by atoms with Crippen molar-refractivity contribution in [2.45, 2.75) is 32.0 Å². The third kappa shape index (κ3) is 12.6. The molecule has 2 fully saturated rings. The van der Waals surface area contributed by atoms with E-state index in [1.54, 1.807) is 38.7 Å². The molecule has 15 nitrogen and oxygen atoms in total. The first-order valence-electron chi connectivity index (χ1n) is 20.4. The maximum Gasteiger partial charge on any atom is 0.244 e. The molecule has 2 saturated heterocycles. The Balaban J connectivity index is 0.000000230. The Kier molecular flexibility index (Phi) is 19.4. The summed E-state index contributed by atoms with van der Waals surface area (Å²) in [6.07, 6.45) is 6.24. The van der Waals surface area contributed by atoms with Crippen LogP contribution in [0.2, 0.25) is 20.1 Å². The normalized spacial score (nSPS) is 17.1. The van der Waals surface area contributed by atoms with Crippen LogP contribution >= 0.6 is 58.0 Å². The second-order valence-corrected chi connectivity index (χ2v) is 16.8. The number of methoxy groups -OCH3 is 4. The average molecular weight is 1030 g/mol. The molecule has 4 heterocycles. The molecule has 0 radical (unpaired) electrons. The highest BCUT2D eigenvalue weighted by molar-refractivity contribution is 6.66. The number of carbonyl (C=O) groups is 2. The Morgan fingerprint density at radius 1 is 0.676 bits per heavy atom. The van der Waals surface area contributed by atoms with Crippen LogP contribution in [0.1, 0.15) is 13.8 Å². The lowest BCUT2D eigenvalue weighted by atomic mass is 9.97. The number of hydrogen-bond donors (Lipinski definition) is 3. The predicted octanol–water partition coefficient (Wildman–Crippen LogP) is 10.5. The smallest absolute Gasteiger partial charge is 0.244 e. The van der Waals surface area contributed by atoms with Crippen molar-refractivity contribution in [3.05, 3.63) is 106 Å². The quantitative estimate of drug-likeness (QED) is 0.0689. The van der Waals surface area contributed by atoms with E-state index in [1.807, 2.05) is 36.4 Å². The highest BCUT2D eigenvalue weighted by atomic mass is 35.5. The number of allylic oxidation sites excluding steroid dienone is 2. The van der Waals surface area contributed by atoms with Crippen LogP contribution in [-0.2, 0) is 19.1 Å². The van der Waals surface area contributed by atoms with E-state index in [0.29, 0.717) is 99.0 Å². The average Bonchev–Trinajstić information content (AvgIpc) is 3.96. The minimum Gasteiger partial charge on any atom is -0.495 e. The maximum absolute atomic E-state index is 11.8. The topological polar surface area (TPSA) is 191 Å². The summed E-state index contributed by atoms with van der Waals surface area (Å²) in [6.45, 7) is 8.69. The molecule has 4 atom stereocenters. The molecule has 0 unspecified atom stereocenters. The lowest BCUT2D eigenvalue weighted by molar-refractivity contribution is -0.115. The van der Waals surface area contributed by atoms with Crippen LogP contribution < -0.4 is 35.3 Å². The molecule has 8 rings (SSSR count). The molecular formula is C48H50Cl5N7O8. The molecule has 2 aliphatic heterocycles. The van der Waals surface area contributed by atoms with E-state index >= 15 is 0 Å². The maximum atomic E-state index is 11.8. The van der Waals surface area contributed by atoms with Gasteiger partial charge >= 0.3 is 0 Å². The van der Waals surface area contributed by atoms with E-state index in [-0.39, 0.29) is 37.3 Å². The van der Waals surface area contributed by atoms with Gasteiger partial charge in [0.25, 0.3) is 0 Å². The number of halogens is 5. The van der Waals surface area contributed by atoms with Crippen molar-refractivity contribution in [3.8, 4) is 45.3 Å². The number of nitrogens with one attached hydrogen (secondary N) is 2. The number of nitrogens with two attached hydrogens (primary N) is 1. The molecule has 2 aliphatic rings. The van der Waals surface area contributed by atoms with Crippen molar-refractivity contribution < 1.29 is 38.0 Å². The van der Waals surface area contributed by atoms with Crippen LogP contribution in [0.4, 0.5) is 11.9 Å². The largest absolute Gasteiger partial charge is 0.495 e. The van der Waals surface area contributed by atoms with Gasteiger partial charge in [0, 0.05) is 58.8 Å². The van der Waals surface area contributed by atoms with E-state index in [1.165, 1.54) is 20.3 Å². The number of nitrogens with zero attached hydrogens (tertiary/aromatic N) is 4. The fraction of sp³-hybridized carbons (Fsp3) is 0.292. The van der Waals surface area contributed by atoms with Gasteiger partial charge in [0.05, 0.1) is 104 Å². The molecule has 4 aromatic carbocycles. The van der Waals surface area contributed by atoms with Crippen LogP contribution in [0.3, 0.4) is 0 Å². The standard InChI is InChI=1S/C24H23Cl2N3O4.C20H20Cl2N4O3.C3H3ClO.CH4/c1-4-16(30)8-15-11-33-12-18(15)29-24-27-10-14-7-13(5-6-17(14)28-24)21-22(25)19(31-2)9-20(32-3)23(21)26;1-27-15-6-16(28-2)19(22)17(18(15)21)10-3-4-13-11(5-10)7-24-20(25-13)26-14-9-29-8-12(14)23;1-2-3(4)5;/h4-7,9-10,15,18H,1,8,11-12H2,2-3H3,(H,27,28,29);3-7,12,14H,8-9,23H2,1-2H3,(H,24,25,26);2H,1H2;1H4/t15-,18+;12-,14+;;/m00../s1. The molecule has 0 amide bonds. The van der Waals surface area contributed by atoms with Crippen LogP contribution in [0, 0.1) is 5.92 Å². The molecule has 2 aromatic heterocycles. The number of anilines is 2. The highest BCUT2D eigenvalue weighted by Crippen LogP contribution is 2.47. The summed E-state index contributed by atoms with van der Waals surface area (Å²) in [5, 5.41) is 9.28. The number of carbonyl (C=O) groups excluding carboxylic acids is 2. The molecular weight excluding hydrogens is 980 g/mol. The van der Waals surface area contributed by atoms with Crippen molar-refractivity contribution in [2.75, 3.05) is 65.5 Å². The van der Waals surface area contributed by atoms with Crippen molar-refractivity contribution in [1.82, 2.24) is 19.9 Å². The Hall–Kier alpha value is -5.49. The Bertz CT molecular complexity index is 2750. The summed E-state index contributed by atoms with van der Waals surface area (Å²) in [5.41, 5.74) is 10.4. The predicted molar refractivity (Wildman–Crippen MR) is 272 cm³/mol. The van der Waals surface area contributed by atoms with Gasteiger partial charge in [-0.25, -0.2) is 19.9 Å². The Labute approximate surface area is 419 Å². The third-order valence-electron chi connectivity index (χ3n) is 10.7. The van der Waals surface area contributed by atoms with E-state index in [9.17, 15) is 9.59 Å². The first-order chi connectivity index (χ1) is 32.2. The Morgan fingerprint density at radius 3 is 1.47 bits per heavy atom. The van der Waals surface area contributed by atoms with E-state index in [4.69, 9.17) is 92.2 Å². The zero-order valence-corrected chi connectivity index (χ0v) is 40.5. The number of hydrogen-bond acceptors (Lipinski definition) is 15. The summed E-state index contributed by atoms with van der Waals surface area (Å²) in [5.74, 6) is 2.92. The monoisotopic (exact) mass is 1030 g/mol. The molecule has 20 heteroatoms. The minimum atomic E-state index is -0.509. The summed E-state index contributed by atoms with van der Waals surface area (Å²) >= 11 is 30.9. The summed E-state index contributed by atoms with van der Waals surface area (Å²) < 4.78 is 32.4. The number of benzene rings is 4. The summed E-state index contributed by atoms with van der Waals surface area (Å²) in [4.78, 5) is 39.3. The van der Waals surface area contributed by atoms with E-state index in [2.05, 4.69) is 43.7 Å². The fourth-order valence-corrected chi connectivity index (χ4v) is 8.59. The first-order valence-corrected chi connectivity index (χ1v) is 22.3. The van der Waals surface area contributed by atoms with Crippen molar-refractivity contribution in [3.63, 3.8) is 0 Å². The number of aromatic nitrogens is 4. The number of ketones is 1. The van der Waals surface area contributed by atoms with Gasteiger partial charge < -0.3 is 44.8 Å². The van der Waals surface area contributed by atoms with Gasteiger partial charge in [0.2, 0.25) is 17.1 Å². The molecule has 0 aliphatic carbocycles. The van der Waals surface area contributed by atoms with Gasteiger partial charge in [-0.3, -0.25) is 9.59 Å². The van der Waals surface area contributed by atoms with Gasteiger partial charge in [-0.05, 0) is 59.1 Å². The zero-order chi connectivity index (χ0) is 48.4. The molecule has 0 bridgehead atoms. The first kappa shape index (κ1) is 53.5. The van der Waals surface area contributed by atoms with E-state index in [0.717, 1.165) is 39.0 Å². The number of ether oxygens (including phenoxy) is 6. The minimum absolute atomic E-state index is 0. The summed E-state index contributed by atoms with van der Waals surface area (Å²) in [6, 6.07) is 14.6. The SMILES string of the molecule is C.C=CC(=O)C[C@H]1COC[C@H]1Nc1ncc2cc(-c3c(Cl)c(OC)cc(OC)c3Cl)ccc2n1.C=CC(=O)Cl.COc1cc(OC)c(Cl)c(-c2ccc3nc(N[C@@H]4COC[C@@H]4N)ncc3c2)c1Cl. The number of rotatable bonds is 14. The van der Waals surface area contributed by atoms with Gasteiger partial charge in [-0.1, -0.05) is 79.1 Å². The lowest BCUT2D eigenvalue weighted by Gasteiger charge is -2.18. The van der Waals surface area contributed by atoms with Crippen LogP contribution in [0.25, 0.3) is 44.1 Å².